The fourth-order valence-electron chi connectivity index (χ4n) is 1.52. The van der Waals surface area contributed by atoms with Crippen molar-refractivity contribution in [1.82, 2.24) is 10.6 Å². The molecule has 0 radical (unpaired) electrons. The van der Waals surface area contributed by atoms with Crippen molar-refractivity contribution in [2.45, 2.75) is 20.4 Å². The monoisotopic (exact) mass is 206 g/mol. The van der Waals surface area contributed by atoms with Crippen LogP contribution in [0, 0.1) is 13.8 Å². The van der Waals surface area contributed by atoms with E-state index in [9.17, 15) is 4.79 Å². The summed E-state index contributed by atoms with van der Waals surface area (Å²) in [5.74, 6) is 0.0150. The van der Waals surface area contributed by atoms with Gasteiger partial charge < -0.3 is 10.6 Å². The van der Waals surface area contributed by atoms with E-state index in [4.69, 9.17) is 0 Å². The van der Waals surface area contributed by atoms with Crippen LogP contribution < -0.4 is 10.6 Å². The van der Waals surface area contributed by atoms with Crippen LogP contribution in [-0.4, -0.2) is 19.5 Å². The van der Waals surface area contributed by atoms with Gasteiger partial charge in [0.15, 0.2) is 0 Å². The third-order valence-corrected chi connectivity index (χ3v) is 2.51. The highest BCUT2D eigenvalue weighted by molar-refractivity contribution is 5.77. The van der Waals surface area contributed by atoms with E-state index in [1.165, 1.54) is 16.7 Å². The number of hydrogen-bond donors (Lipinski definition) is 2. The third kappa shape index (κ3) is 3.36. The molecule has 0 saturated heterocycles. The van der Waals surface area contributed by atoms with Crippen LogP contribution in [0.15, 0.2) is 18.2 Å². The molecule has 0 fully saturated rings. The first-order valence-electron chi connectivity index (χ1n) is 5.11. The van der Waals surface area contributed by atoms with Crippen molar-refractivity contribution < 1.29 is 4.79 Å². The minimum Gasteiger partial charge on any atom is -0.358 e. The molecule has 15 heavy (non-hydrogen) atoms. The standard InChI is InChI=1S/C12H18N2O/c1-9-5-4-6-10(2)11(9)7-14-8-12(15)13-3/h4-6,14H,7-8H2,1-3H3,(H,13,15). The van der Waals surface area contributed by atoms with E-state index in [-0.39, 0.29) is 5.91 Å². The normalized spacial score (nSPS) is 10.1. The van der Waals surface area contributed by atoms with E-state index in [1.54, 1.807) is 7.05 Å². The fourth-order valence-corrected chi connectivity index (χ4v) is 1.52. The SMILES string of the molecule is CNC(=O)CNCc1c(C)cccc1C. The van der Waals surface area contributed by atoms with Gasteiger partial charge in [-0.15, -0.1) is 0 Å². The highest BCUT2D eigenvalue weighted by Crippen LogP contribution is 2.12. The summed E-state index contributed by atoms with van der Waals surface area (Å²) in [4.78, 5) is 11.0. The number of nitrogens with one attached hydrogen (secondary N) is 2. The second kappa shape index (κ2) is 5.51. The molecule has 1 aromatic carbocycles. The van der Waals surface area contributed by atoms with E-state index < -0.39 is 0 Å². The second-order valence-electron chi connectivity index (χ2n) is 3.65. The van der Waals surface area contributed by atoms with Gasteiger partial charge in [-0.3, -0.25) is 4.79 Å². The van der Waals surface area contributed by atoms with Gasteiger partial charge in [0.1, 0.15) is 0 Å². The van der Waals surface area contributed by atoms with Gasteiger partial charge in [-0.2, -0.15) is 0 Å². The average Bonchev–Trinajstić information content (AvgIpc) is 2.22. The largest absolute Gasteiger partial charge is 0.358 e. The molecule has 0 bridgehead atoms. The molecular weight excluding hydrogens is 188 g/mol. The van der Waals surface area contributed by atoms with Gasteiger partial charge >= 0.3 is 0 Å². The predicted octanol–water partition coefficient (Wildman–Crippen LogP) is 1.14. The van der Waals surface area contributed by atoms with Crippen molar-refractivity contribution in [3.8, 4) is 0 Å². The second-order valence-corrected chi connectivity index (χ2v) is 3.65. The molecule has 3 heteroatoms. The molecule has 0 spiro atoms. The summed E-state index contributed by atoms with van der Waals surface area (Å²) >= 11 is 0. The Labute approximate surface area is 90.9 Å². The number of benzene rings is 1. The topological polar surface area (TPSA) is 41.1 Å². The number of carbonyl (C=O) groups excluding carboxylic acids is 1. The lowest BCUT2D eigenvalue weighted by atomic mass is 10.0. The molecule has 0 atom stereocenters. The van der Waals surface area contributed by atoms with E-state index in [0.29, 0.717) is 6.54 Å². The highest BCUT2D eigenvalue weighted by atomic mass is 16.1. The number of carbonyl (C=O) groups is 1. The minimum atomic E-state index is 0.0150. The summed E-state index contributed by atoms with van der Waals surface area (Å²) in [5, 5.41) is 5.70. The van der Waals surface area contributed by atoms with Crippen LogP contribution in [0.4, 0.5) is 0 Å². The maximum absolute atomic E-state index is 11.0. The lowest BCUT2D eigenvalue weighted by molar-refractivity contribution is -0.119. The maximum Gasteiger partial charge on any atom is 0.233 e. The van der Waals surface area contributed by atoms with E-state index in [0.717, 1.165) is 6.54 Å². The van der Waals surface area contributed by atoms with Crippen LogP contribution in [0.2, 0.25) is 0 Å². The number of likely N-dealkylation sites (N-methyl/N-ethyl adjacent to an activating group) is 1. The van der Waals surface area contributed by atoms with Gasteiger partial charge in [-0.1, -0.05) is 18.2 Å². The lowest BCUT2D eigenvalue weighted by Gasteiger charge is -2.10. The van der Waals surface area contributed by atoms with Gasteiger partial charge in [-0.05, 0) is 30.5 Å². The number of amides is 1. The molecule has 3 nitrogen and oxygen atoms in total. The van der Waals surface area contributed by atoms with Gasteiger partial charge in [-0.25, -0.2) is 0 Å². The van der Waals surface area contributed by atoms with Crippen LogP contribution in [0.25, 0.3) is 0 Å². The Morgan fingerprint density at radius 1 is 1.27 bits per heavy atom. The molecule has 0 unspecified atom stereocenters. The quantitative estimate of drug-likeness (QED) is 0.775. The predicted molar refractivity (Wildman–Crippen MR) is 61.7 cm³/mol. The first-order chi connectivity index (χ1) is 7.15. The zero-order chi connectivity index (χ0) is 11.3. The summed E-state index contributed by atoms with van der Waals surface area (Å²) in [5.41, 5.74) is 3.81. The lowest BCUT2D eigenvalue weighted by Crippen LogP contribution is -2.31. The average molecular weight is 206 g/mol. The summed E-state index contributed by atoms with van der Waals surface area (Å²) < 4.78 is 0. The van der Waals surface area contributed by atoms with Crippen molar-refractivity contribution in [3.05, 3.63) is 34.9 Å². The van der Waals surface area contributed by atoms with Crippen molar-refractivity contribution >= 4 is 5.91 Å². The summed E-state index contributed by atoms with van der Waals surface area (Å²) in [6.07, 6.45) is 0. The van der Waals surface area contributed by atoms with Crippen LogP contribution in [0.3, 0.4) is 0 Å². The van der Waals surface area contributed by atoms with Gasteiger partial charge in [0.05, 0.1) is 6.54 Å². The van der Waals surface area contributed by atoms with Crippen molar-refractivity contribution in [1.29, 1.82) is 0 Å². The first-order valence-corrected chi connectivity index (χ1v) is 5.11. The molecule has 0 aromatic heterocycles. The molecule has 1 rings (SSSR count). The summed E-state index contributed by atoms with van der Waals surface area (Å²) in [6.45, 7) is 5.28. The molecule has 1 amide bonds. The zero-order valence-corrected chi connectivity index (χ0v) is 9.55. The van der Waals surface area contributed by atoms with E-state index in [1.807, 2.05) is 6.07 Å². The molecule has 82 valence electrons. The van der Waals surface area contributed by atoms with Crippen molar-refractivity contribution in [3.63, 3.8) is 0 Å². The van der Waals surface area contributed by atoms with Gasteiger partial charge in [0, 0.05) is 13.6 Å². The molecule has 0 saturated carbocycles. The molecule has 0 heterocycles. The Kier molecular flexibility index (Phi) is 4.31. The Morgan fingerprint density at radius 3 is 2.40 bits per heavy atom. The van der Waals surface area contributed by atoms with Crippen LogP contribution in [0.5, 0.6) is 0 Å². The van der Waals surface area contributed by atoms with E-state index in [2.05, 4.69) is 36.6 Å². The third-order valence-electron chi connectivity index (χ3n) is 2.51. The van der Waals surface area contributed by atoms with Gasteiger partial charge in [0.25, 0.3) is 0 Å². The number of aryl methyl sites for hydroxylation is 2. The number of rotatable bonds is 4. The Balaban J connectivity index is 2.54. The van der Waals surface area contributed by atoms with Crippen molar-refractivity contribution in [2.24, 2.45) is 0 Å². The summed E-state index contributed by atoms with van der Waals surface area (Å²) in [6, 6.07) is 6.22. The molecule has 1 aromatic rings. The van der Waals surface area contributed by atoms with Crippen LogP contribution in [-0.2, 0) is 11.3 Å². The first kappa shape index (κ1) is 11.7. The van der Waals surface area contributed by atoms with Crippen LogP contribution >= 0.6 is 0 Å². The Bertz CT molecular complexity index is 327. The van der Waals surface area contributed by atoms with Gasteiger partial charge in [0.2, 0.25) is 5.91 Å². The Hall–Kier alpha value is -1.35. The number of hydrogen-bond acceptors (Lipinski definition) is 2. The molecule has 2 N–H and O–H groups in total. The van der Waals surface area contributed by atoms with E-state index >= 15 is 0 Å². The highest BCUT2D eigenvalue weighted by Gasteiger charge is 2.02. The smallest absolute Gasteiger partial charge is 0.233 e. The van der Waals surface area contributed by atoms with Crippen LogP contribution in [0.1, 0.15) is 16.7 Å². The molecule has 0 aliphatic rings. The molecule has 0 aliphatic heterocycles. The molecule has 0 aliphatic carbocycles. The minimum absolute atomic E-state index is 0.0150. The van der Waals surface area contributed by atoms with Crippen molar-refractivity contribution in [2.75, 3.05) is 13.6 Å². The summed E-state index contributed by atoms with van der Waals surface area (Å²) in [7, 11) is 1.64. The zero-order valence-electron chi connectivity index (χ0n) is 9.55. The maximum atomic E-state index is 11.0. The molecular formula is C12H18N2O. The fraction of sp³-hybridized carbons (Fsp3) is 0.417. The Morgan fingerprint density at radius 2 is 1.87 bits per heavy atom.